The molecule has 0 aromatic heterocycles. The number of alkyl halides is 1. The summed E-state index contributed by atoms with van der Waals surface area (Å²) in [6.45, 7) is 7.29. The Hall–Kier alpha value is -0.660. The normalized spacial score (nSPS) is 34.6. The van der Waals surface area contributed by atoms with E-state index in [4.69, 9.17) is 0 Å². The van der Waals surface area contributed by atoms with Gasteiger partial charge in [-0.25, -0.2) is 8.78 Å². The predicted molar refractivity (Wildman–Crippen MR) is 50.8 cm³/mol. The number of hydrogen-bond donors (Lipinski definition) is 0. The minimum Gasteiger partial charge on any atom is -0.239 e. The van der Waals surface area contributed by atoms with Crippen LogP contribution in [-0.2, 0) is 0 Å². The van der Waals surface area contributed by atoms with Crippen LogP contribution in [0.3, 0.4) is 0 Å². The zero-order chi connectivity index (χ0) is 10.3. The highest BCUT2D eigenvalue weighted by Crippen LogP contribution is 2.42. The summed E-state index contributed by atoms with van der Waals surface area (Å²) in [5.74, 6) is -0.745. The lowest BCUT2D eigenvalue weighted by atomic mass is 9.70. The molecule has 0 nitrogen and oxygen atoms in total. The van der Waals surface area contributed by atoms with E-state index in [-0.39, 0.29) is 11.3 Å². The fraction of sp³-hybridized carbons (Fsp3) is 0.636. The SMILES string of the molecule is CC(C)(C)C1C=CC(F)=CC1(C)F. The molecule has 0 saturated carbocycles. The molecule has 0 spiro atoms. The van der Waals surface area contributed by atoms with Crippen LogP contribution in [0.15, 0.2) is 24.1 Å². The second-order valence-electron chi connectivity index (χ2n) is 4.88. The molecule has 2 heteroatoms. The maximum atomic E-state index is 13.9. The van der Waals surface area contributed by atoms with Gasteiger partial charge in [0.25, 0.3) is 0 Å². The van der Waals surface area contributed by atoms with Crippen molar-refractivity contribution in [2.45, 2.75) is 33.4 Å². The third-order valence-electron chi connectivity index (χ3n) is 2.41. The van der Waals surface area contributed by atoms with E-state index in [1.54, 1.807) is 6.08 Å². The Morgan fingerprint density at radius 3 is 2.31 bits per heavy atom. The van der Waals surface area contributed by atoms with Crippen molar-refractivity contribution in [1.82, 2.24) is 0 Å². The first-order chi connectivity index (χ1) is 5.73. The van der Waals surface area contributed by atoms with Crippen LogP contribution in [-0.4, -0.2) is 5.67 Å². The molecular formula is C11H16F2. The lowest BCUT2D eigenvalue weighted by Crippen LogP contribution is -2.37. The third-order valence-corrected chi connectivity index (χ3v) is 2.41. The fourth-order valence-corrected chi connectivity index (χ4v) is 1.92. The first-order valence-corrected chi connectivity index (χ1v) is 4.49. The van der Waals surface area contributed by atoms with Crippen LogP contribution >= 0.6 is 0 Å². The molecule has 0 heterocycles. The highest BCUT2D eigenvalue weighted by molar-refractivity contribution is 5.26. The van der Waals surface area contributed by atoms with Crippen LogP contribution in [0.1, 0.15) is 27.7 Å². The number of halogens is 2. The molecule has 0 amide bonds. The molecule has 1 aliphatic rings. The second-order valence-corrected chi connectivity index (χ2v) is 4.88. The Morgan fingerprint density at radius 2 is 1.92 bits per heavy atom. The number of rotatable bonds is 0. The standard InChI is InChI=1S/C11H16F2/c1-10(2,3)9-6-5-8(12)7-11(9,4)13/h5-7,9H,1-4H3. The number of allylic oxidation sites excluding steroid dienone is 4. The van der Waals surface area contributed by atoms with Gasteiger partial charge in [-0.15, -0.1) is 0 Å². The van der Waals surface area contributed by atoms with Crippen molar-refractivity contribution in [2.24, 2.45) is 11.3 Å². The first kappa shape index (κ1) is 10.4. The van der Waals surface area contributed by atoms with Gasteiger partial charge in [-0.05, 0) is 24.5 Å². The summed E-state index contributed by atoms with van der Waals surface area (Å²) in [5, 5.41) is 0. The van der Waals surface area contributed by atoms with E-state index in [0.29, 0.717) is 0 Å². The van der Waals surface area contributed by atoms with Crippen molar-refractivity contribution in [2.75, 3.05) is 0 Å². The lowest BCUT2D eigenvalue weighted by molar-refractivity contribution is 0.0992. The van der Waals surface area contributed by atoms with Crippen LogP contribution in [0, 0.1) is 11.3 Å². The summed E-state index contributed by atoms with van der Waals surface area (Å²) < 4.78 is 26.7. The van der Waals surface area contributed by atoms with Gasteiger partial charge in [0.15, 0.2) is 0 Å². The highest BCUT2D eigenvalue weighted by atomic mass is 19.1. The van der Waals surface area contributed by atoms with Crippen molar-refractivity contribution in [3.63, 3.8) is 0 Å². The molecular weight excluding hydrogens is 170 g/mol. The molecule has 0 fully saturated rings. The molecule has 74 valence electrons. The molecule has 1 aliphatic carbocycles. The summed E-state index contributed by atoms with van der Waals surface area (Å²) in [5.41, 5.74) is -1.76. The maximum Gasteiger partial charge on any atom is 0.136 e. The lowest BCUT2D eigenvalue weighted by Gasteiger charge is -2.37. The second kappa shape index (κ2) is 2.93. The Balaban J connectivity index is 2.99. The fourth-order valence-electron chi connectivity index (χ4n) is 1.92. The van der Waals surface area contributed by atoms with E-state index in [2.05, 4.69) is 0 Å². The molecule has 0 saturated heterocycles. The van der Waals surface area contributed by atoms with Crippen molar-refractivity contribution >= 4 is 0 Å². The highest BCUT2D eigenvalue weighted by Gasteiger charge is 2.40. The Kier molecular flexibility index (Phi) is 2.35. The van der Waals surface area contributed by atoms with Crippen molar-refractivity contribution < 1.29 is 8.78 Å². The third kappa shape index (κ3) is 2.17. The Bertz CT molecular complexity index is 254. The van der Waals surface area contributed by atoms with E-state index in [9.17, 15) is 8.78 Å². The minimum atomic E-state index is -1.57. The first-order valence-electron chi connectivity index (χ1n) is 4.49. The van der Waals surface area contributed by atoms with Gasteiger partial charge < -0.3 is 0 Å². The summed E-state index contributed by atoms with van der Waals surface area (Å²) in [4.78, 5) is 0. The maximum absolute atomic E-state index is 13.9. The van der Waals surface area contributed by atoms with Crippen LogP contribution in [0.25, 0.3) is 0 Å². The molecule has 1 rings (SSSR count). The van der Waals surface area contributed by atoms with Crippen molar-refractivity contribution in [3.05, 3.63) is 24.1 Å². The summed E-state index contributed by atoms with van der Waals surface area (Å²) >= 11 is 0. The van der Waals surface area contributed by atoms with Gasteiger partial charge in [0.05, 0.1) is 0 Å². The Morgan fingerprint density at radius 1 is 1.38 bits per heavy atom. The topological polar surface area (TPSA) is 0 Å². The van der Waals surface area contributed by atoms with Gasteiger partial charge in [0.2, 0.25) is 0 Å². The Labute approximate surface area is 78.3 Å². The molecule has 13 heavy (non-hydrogen) atoms. The van der Waals surface area contributed by atoms with Crippen LogP contribution in [0.4, 0.5) is 8.78 Å². The minimum absolute atomic E-state index is 0.183. The van der Waals surface area contributed by atoms with Gasteiger partial charge >= 0.3 is 0 Å². The van der Waals surface area contributed by atoms with Gasteiger partial charge in [0.1, 0.15) is 11.5 Å². The van der Waals surface area contributed by atoms with E-state index in [1.807, 2.05) is 20.8 Å². The average molecular weight is 186 g/mol. The smallest absolute Gasteiger partial charge is 0.136 e. The average Bonchev–Trinajstić information content (AvgIpc) is 1.79. The van der Waals surface area contributed by atoms with E-state index in [1.165, 1.54) is 13.0 Å². The predicted octanol–water partition coefficient (Wildman–Crippen LogP) is 3.80. The molecule has 0 aromatic carbocycles. The van der Waals surface area contributed by atoms with E-state index < -0.39 is 11.5 Å². The zero-order valence-electron chi connectivity index (χ0n) is 8.57. The summed E-state index contributed by atoms with van der Waals surface area (Å²) in [7, 11) is 0. The monoisotopic (exact) mass is 186 g/mol. The largest absolute Gasteiger partial charge is 0.239 e. The van der Waals surface area contributed by atoms with Gasteiger partial charge in [-0.1, -0.05) is 26.8 Å². The van der Waals surface area contributed by atoms with Gasteiger partial charge in [-0.2, -0.15) is 0 Å². The van der Waals surface area contributed by atoms with Gasteiger partial charge in [0, 0.05) is 5.92 Å². The molecule has 0 aromatic rings. The summed E-state index contributed by atoms with van der Waals surface area (Å²) in [6.07, 6.45) is 4.02. The molecule has 2 unspecified atom stereocenters. The molecule has 0 aliphatic heterocycles. The zero-order valence-corrected chi connectivity index (χ0v) is 8.57. The van der Waals surface area contributed by atoms with Crippen LogP contribution < -0.4 is 0 Å². The van der Waals surface area contributed by atoms with Crippen LogP contribution in [0.5, 0.6) is 0 Å². The molecule has 0 bridgehead atoms. The number of hydrogen-bond acceptors (Lipinski definition) is 0. The van der Waals surface area contributed by atoms with E-state index >= 15 is 0 Å². The molecule has 2 atom stereocenters. The van der Waals surface area contributed by atoms with Crippen LogP contribution in [0.2, 0.25) is 0 Å². The quantitative estimate of drug-likeness (QED) is 0.539. The van der Waals surface area contributed by atoms with Crippen molar-refractivity contribution in [1.29, 1.82) is 0 Å². The van der Waals surface area contributed by atoms with Gasteiger partial charge in [-0.3, -0.25) is 0 Å². The van der Waals surface area contributed by atoms with E-state index in [0.717, 1.165) is 6.08 Å². The molecule has 0 radical (unpaired) electrons. The van der Waals surface area contributed by atoms with Crippen molar-refractivity contribution in [3.8, 4) is 0 Å². The molecule has 0 N–H and O–H groups in total. The summed E-state index contributed by atoms with van der Waals surface area (Å²) in [6, 6.07) is 0.